The molecular formula is C9H11N3O4. The fourth-order valence-electron chi connectivity index (χ4n) is 0.926. The van der Waals surface area contributed by atoms with E-state index in [4.69, 9.17) is 0 Å². The number of rotatable bonds is 4. The summed E-state index contributed by atoms with van der Waals surface area (Å²) in [6.45, 7) is 1.70. The average Bonchev–Trinajstić information content (AvgIpc) is 2.27. The zero-order chi connectivity index (χ0) is 12.0. The number of nitrogens with one attached hydrogen (secondary N) is 2. The highest BCUT2D eigenvalue weighted by Crippen LogP contribution is 1.88. The van der Waals surface area contributed by atoms with Gasteiger partial charge in [-0.1, -0.05) is 0 Å². The molecule has 1 aromatic rings. The minimum absolute atomic E-state index is 0.0314. The lowest BCUT2D eigenvalue weighted by Crippen LogP contribution is -2.31. The smallest absolute Gasteiger partial charge is 0.325 e. The SMILES string of the molecule is CCOC(=O)CNC(=O)c1ccc(=O)[nH]n1. The summed E-state index contributed by atoms with van der Waals surface area (Å²) < 4.78 is 4.62. The lowest BCUT2D eigenvalue weighted by atomic mass is 10.3. The monoisotopic (exact) mass is 225 g/mol. The van der Waals surface area contributed by atoms with Crippen LogP contribution in [0.5, 0.6) is 0 Å². The Kier molecular flexibility index (Phi) is 4.19. The van der Waals surface area contributed by atoms with Gasteiger partial charge in [0, 0.05) is 6.07 Å². The maximum absolute atomic E-state index is 11.4. The number of amides is 1. The first-order valence-corrected chi connectivity index (χ1v) is 4.63. The summed E-state index contributed by atoms with van der Waals surface area (Å²) in [6.07, 6.45) is 0. The van der Waals surface area contributed by atoms with Crippen LogP contribution in [0.15, 0.2) is 16.9 Å². The fourth-order valence-corrected chi connectivity index (χ4v) is 0.926. The molecule has 0 spiro atoms. The van der Waals surface area contributed by atoms with Crippen molar-refractivity contribution in [1.29, 1.82) is 0 Å². The minimum atomic E-state index is -0.552. The molecular weight excluding hydrogens is 214 g/mol. The molecule has 0 saturated heterocycles. The molecule has 86 valence electrons. The third-order valence-corrected chi connectivity index (χ3v) is 1.61. The Morgan fingerprint density at radius 3 is 2.81 bits per heavy atom. The molecule has 0 aliphatic carbocycles. The normalized spacial score (nSPS) is 9.56. The number of esters is 1. The van der Waals surface area contributed by atoms with Crippen LogP contribution in [0.4, 0.5) is 0 Å². The fraction of sp³-hybridized carbons (Fsp3) is 0.333. The van der Waals surface area contributed by atoms with Crippen LogP contribution in [0, 0.1) is 0 Å². The molecule has 0 aliphatic rings. The van der Waals surface area contributed by atoms with E-state index < -0.39 is 17.4 Å². The molecule has 1 amide bonds. The summed E-state index contributed by atoms with van der Waals surface area (Å²) in [5, 5.41) is 7.92. The minimum Gasteiger partial charge on any atom is -0.465 e. The van der Waals surface area contributed by atoms with Crippen molar-refractivity contribution in [3.05, 3.63) is 28.2 Å². The van der Waals surface area contributed by atoms with E-state index in [0.29, 0.717) is 0 Å². The first kappa shape index (κ1) is 11.9. The average molecular weight is 225 g/mol. The molecule has 2 N–H and O–H groups in total. The molecule has 0 saturated carbocycles. The van der Waals surface area contributed by atoms with Crippen LogP contribution in [0.3, 0.4) is 0 Å². The number of carbonyl (C=O) groups is 2. The molecule has 0 unspecified atom stereocenters. The van der Waals surface area contributed by atoms with Gasteiger partial charge >= 0.3 is 5.97 Å². The van der Waals surface area contributed by atoms with Crippen LogP contribution in [-0.2, 0) is 9.53 Å². The summed E-state index contributed by atoms with van der Waals surface area (Å²) in [6, 6.07) is 2.44. The maximum atomic E-state index is 11.4. The molecule has 7 nitrogen and oxygen atoms in total. The van der Waals surface area contributed by atoms with E-state index in [9.17, 15) is 14.4 Å². The zero-order valence-electron chi connectivity index (χ0n) is 8.65. The molecule has 16 heavy (non-hydrogen) atoms. The Morgan fingerprint density at radius 2 is 2.25 bits per heavy atom. The van der Waals surface area contributed by atoms with Crippen LogP contribution >= 0.6 is 0 Å². The highest BCUT2D eigenvalue weighted by molar-refractivity contribution is 5.93. The zero-order valence-corrected chi connectivity index (χ0v) is 8.65. The van der Waals surface area contributed by atoms with Crippen LogP contribution in [0.25, 0.3) is 0 Å². The standard InChI is InChI=1S/C9H11N3O4/c1-2-16-8(14)5-10-9(15)6-3-4-7(13)12-11-6/h3-4H,2,5H2,1H3,(H,10,15)(H,12,13). The van der Waals surface area contributed by atoms with Crippen molar-refractivity contribution in [2.24, 2.45) is 0 Å². The van der Waals surface area contributed by atoms with Gasteiger partial charge in [-0.2, -0.15) is 5.10 Å². The van der Waals surface area contributed by atoms with Crippen molar-refractivity contribution in [3.63, 3.8) is 0 Å². The number of aromatic amines is 1. The second-order valence-electron chi connectivity index (χ2n) is 2.79. The summed E-state index contributed by atoms with van der Waals surface area (Å²) in [4.78, 5) is 33.0. The second-order valence-corrected chi connectivity index (χ2v) is 2.79. The van der Waals surface area contributed by atoms with Crippen molar-refractivity contribution >= 4 is 11.9 Å². The third kappa shape index (κ3) is 3.52. The lowest BCUT2D eigenvalue weighted by molar-refractivity contribution is -0.141. The van der Waals surface area contributed by atoms with Crippen molar-refractivity contribution in [3.8, 4) is 0 Å². The van der Waals surface area contributed by atoms with E-state index in [1.807, 2.05) is 0 Å². The van der Waals surface area contributed by atoms with Gasteiger partial charge in [-0.3, -0.25) is 14.4 Å². The lowest BCUT2D eigenvalue weighted by Gasteiger charge is -2.03. The van der Waals surface area contributed by atoms with Gasteiger partial charge in [0.25, 0.3) is 11.5 Å². The van der Waals surface area contributed by atoms with E-state index in [-0.39, 0.29) is 18.8 Å². The summed E-state index contributed by atoms with van der Waals surface area (Å²) in [7, 11) is 0. The Morgan fingerprint density at radius 1 is 1.50 bits per heavy atom. The maximum Gasteiger partial charge on any atom is 0.325 e. The molecule has 0 fully saturated rings. The van der Waals surface area contributed by atoms with Gasteiger partial charge in [0.15, 0.2) is 0 Å². The van der Waals surface area contributed by atoms with Gasteiger partial charge in [0.2, 0.25) is 0 Å². The third-order valence-electron chi connectivity index (χ3n) is 1.61. The van der Waals surface area contributed by atoms with Crippen molar-refractivity contribution < 1.29 is 14.3 Å². The number of ether oxygens (including phenoxy) is 1. The quantitative estimate of drug-likeness (QED) is 0.644. The van der Waals surface area contributed by atoms with Crippen LogP contribution in [0.2, 0.25) is 0 Å². The van der Waals surface area contributed by atoms with Crippen molar-refractivity contribution in [2.75, 3.05) is 13.2 Å². The summed E-state index contributed by atoms with van der Waals surface area (Å²) >= 11 is 0. The number of aromatic nitrogens is 2. The van der Waals surface area contributed by atoms with E-state index in [1.54, 1.807) is 6.92 Å². The number of carbonyl (C=O) groups excluding carboxylic acids is 2. The van der Waals surface area contributed by atoms with E-state index >= 15 is 0 Å². The van der Waals surface area contributed by atoms with E-state index in [0.717, 1.165) is 0 Å². The Balaban J connectivity index is 2.50. The van der Waals surface area contributed by atoms with Crippen LogP contribution in [0.1, 0.15) is 17.4 Å². The number of hydrogen-bond donors (Lipinski definition) is 2. The molecule has 1 rings (SSSR count). The van der Waals surface area contributed by atoms with Gasteiger partial charge in [-0.15, -0.1) is 0 Å². The Labute approximate surface area is 90.8 Å². The van der Waals surface area contributed by atoms with Gasteiger partial charge in [-0.25, -0.2) is 5.10 Å². The number of hydrogen-bond acceptors (Lipinski definition) is 5. The first-order chi connectivity index (χ1) is 7.63. The Bertz CT molecular complexity index is 420. The van der Waals surface area contributed by atoms with E-state index in [2.05, 4.69) is 20.3 Å². The summed E-state index contributed by atoms with van der Waals surface area (Å²) in [5.74, 6) is -1.08. The van der Waals surface area contributed by atoms with Gasteiger partial charge in [-0.05, 0) is 13.0 Å². The highest BCUT2D eigenvalue weighted by Gasteiger charge is 2.09. The molecule has 1 heterocycles. The van der Waals surface area contributed by atoms with E-state index in [1.165, 1.54) is 12.1 Å². The topological polar surface area (TPSA) is 101 Å². The molecule has 0 aliphatic heterocycles. The predicted octanol–water partition coefficient (Wildman–Crippen LogP) is -0.937. The Hall–Kier alpha value is -2.18. The van der Waals surface area contributed by atoms with Gasteiger partial charge < -0.3 is 10.1 Å². The molecule has 0 atom stereocenters. The largest absolute Gasteiger partial charge is 0.465 e. The molecule has 0 radical (unpaired) electrons. The first-order valence-electron chi connectivity index (χ1n) is 4.63. The predicted molar refractivity (Wildman–Crippen MR) is 53.8 cm³/mol. The molecule has 7 heteroatoms. The highest BCUT2D eigenvalue weighted by atomic mass is 16.5. The molecule has 1 aromatic heterocycles. The second kappa shape index (κ2) is 5.64. The van der Waals surface area contributed by atoms with Crippen molar-refractivity contribution in [1.82, 2.24) is 15.5 Å². The molecule has 0 bridgehead atoms. The van der Waals surface area contributed by atoms with Gasteiger partial charge in [0.05, 0.1) is 6.61 Å². The number of H-pyrrole nitrogens is 1. The summed E-state index contributed by atoms with van der Waals surface area (Å²) in [5.41, 5.74) is -0.370. The van der Waals surface area contributed by atoms with Crippen LogP contribution in [-0.4, -0.2) is 35.2 Å². The molecule has 0 aromatic carbocycles. The number of nitrogens with zero attached hydrogens (tertiary/aromatic N) is 1. The van der Waals surface area contributed by atoms with Crippen molar-refractivity contribution in [2.45, 2.75) is 6.92 Å². The van der Waals surface area contributed by atoms with Gasteiger partial charge in [0.1, 0.15) is 12.2 Å². The van der Waals surface area contributed by atoms with Crippen LogP contribution < -0.4 is 10.9 Å².